The average Bonchev–Trinajstić information content (AvgIpc) is 4.35. The molecule has 5 heteroatoms. The van der Waals surface area contributed by atoms with Crippen molar-refractivity contribution in [2.24, 2.45) is 0 Å². The van der Waals surface area contributed by atoms with E-state index in [4.69, 9.17) is 21.6 Å². The van der Waals surface area contributed by atoms with Gasteiger partial charge in [-0.05, 0) is 158 Å². The molecule has 3 heterocycles. The van der Waals surface area contributed by atoms with Gasteiger partial charge in [0.2, 0.25) is 0 Å². The van der Waals surface area contributed by atoms with Gasteiger partial charge < -0.3 is 9.13 Å². The fourth-order valence-corrected chi connectivity index (χ4v) is 13.9. The molecule has 3 aromatic heterocycles. The van der Waals surface area contributed by atoms with Gasteiger partial charge in [0.25, 0.3) is 0 Å². The highest BCUT2D eigenvalue weighted by molar-refractivity contribution is 6.30. The molecule has 0 amide bonds. The lowest BCUT2D eigenvalue weighted by Gasteiger charge is -2.22. The molecule has 14 aromatic rings. The summed E-state index contributed by atoms with van der Waals surface area (Å²) in [6, 6.07) is 90.7. The molecule has 0 radical (unpaired) electrons. The van der Waals surface area contributed by atoms with E-state index in [1.54, 1.807) is 0 Å². The maximum absolute atomic E-state index is 6.68. The van der Waals surface area contributed by atoms with Crippen LogP contribution in [0, 0.1) is 0 Å². The van der Waals surface area contributed by atoms with Gasteiger partial charge in [-0.1, -0.05) is 197 Å². The number of benzene rings is 11. The van der Waals surface area contributed by atoms with Crippen LogP contribution in [0.15, 0.2) is 249 Å². The summed E-state index contributed by atoms with van der Waals surface area (Å²) in [6.45, 7) is 9.40. The van der Waals surface area contributed by atoms with Gasteiger partial charge in [0.1, 0.15) is 0 Å². The number of nitrogens with zero attached hydrogens (tertiary/aromatic N) is 4. The Kier molecular flexibility index (Phi) is 10.4. The molecular weight excluding hydrogens is 1000 g/mol. The first kappa shape index (κ1) is 47.4. The second-order valence-electron chi connectivity index (χ2n) is 23.1. The van der Waals surface area contributed by atoms with Gasteiger partial charge in [0.05, 0.1) is 33.5 Å². The second kappa shape index (κ2) is 17.7. The van der Waals surface area contributed by atoms with E-state index in [1.165, 1.54) is 88.3 Å². The van der Waals surface area contributed by atoms with E-state index in [2.05, 4.69) is 261 Å². The number of aromatic nitrogens is 4. The molecule has 0 aliphatic heterocycles. The van der Waals surface area contributed by atoms with Crippen LogP contribution in [0.5, 0.6) is 0 Å². The lowest BCUT2D eigenvalue weighted by Crippen LogP contribution is -2.14. The minimum atomic E-state index is -0.0768. The second-order valence-corrected chi connectivity index (χ2v) is 23.5. The first-order chi connectivity index (χ1) is 39.5. The van der Waals surface area contributed by atoms with E-state index in [9.17, 15) is 0 Å². The summed E-state index contributed by atoms with van der Waals surface area (Å²) < 4.78 is 4.79. The van der Waals surface area contributed by atoms with Crippen molar-refractivity contribution in [1.29, 1.82) is 0 Å². The summed E-state index contributed by atoms with van der Waals surface area (Å²) in [5, 5.41) is 5.47. The predicted octanol–water partition coefficient (Wildman–Crippen LogP) is 20.3. The number of halogens is 1. The monoisotopic (exact) mass is 1060 g/mol. The Morgan fingerprint density at radius 3 is 1.21 bits per heavy atom. The summed E-state index contributed by atoms with van der Waals surface area (Å²) in [6.07, 6.45) is 0. The van der Waals surface area contributed by atoms with Crippen molar-refractivity contribution < 1.29 is 0 Å². The Bertz CT molecular complexity index is 4680. The van der Waals surface area contributed by atoms with Crippen molar-refractivity contribution in [3.05, 3.63) is 276 Å². The highest BCUT2D eigenvalue weighted by Gasteiger charge is 2.37. The summed E-state index contributed by atoms with van der Waals surface area (Å²) in [5.74, 6) is 0.604. The molecule has 4 nitrogen and oxygen atoms in total. The maximum atomic E-state index is 6.68. The number of hydrogen-bond acceptors (Lipinski definition) is 2. The number of fused-ring (bicyclic) bond motifs is 12. The van der Waals surface area contributed by atoms with Crippen molar-refractivity contribution in [3.63, 3.8) is 0 Å². The number of para-hydroxylation sites is 2. The molecular formula is C76H53ClN4. The molecule has 11 aromatic carbocycles. The van der Waals surface area contributed by atoms with Gasteiger partial charge >= 0.3 is 0 Å². The molecule has 16 rings (SSSR count). The molecule has 0 saturated heterocycles. The van der Waals surface area contributed by atoms with Crippen LogP contribution in [0.2, 0.25) is 5.02 Å². The van der Waals surface area contributed by atoms with Crippen LogP contribution in [0.1, 0.15) is 49.9 Å². The van der Waals surface area contributed by atoms with E-state index >= 15 is 0 Å². The van der Waals surface area contributed by atoms with Crippen LogP contribution >= 0.6 is 11.6 Å². The zero-order valence-corrected chi connectivity index (χ0v) is 46.1. The fraction of sp³-hybridized carbons (Fsp3) is 0.0789. The molecule has 0 fully saturated rings. The van der Waals surface area contributed by atoms with Gasteiger partial charge in [0.15, 0.2) is 5.82 Å². The van der Waals surface area contributed by atoms with Crippen LogP contribution < -0.4 is 0 Å². The number of rotatable bonds is 7. The van der Waals surface area contributed by atoms with Crippen LogP contribution in [0.4, 0.5) is 0 Å². The Morgan fingerprint density at radius 1 is 0.296 bits per heavy atom. The third-order valence-corrected chi connectivity index (χ3v) is 18.0. The molecule has 384 valence electrons. The molecule has 0 N–H and O–H groups in total. The van der Waals surface area contributed by atoms with Crippen molar-refractivity contribution in [3.8, 4) is 89.8 Å². The minimum absolute atomic E-state index is 0.0768. The van der Waals surface area contributed by atoms with Gasteiger partial charge in [-0.25, -0.2) is 9.97 Å². The van der Waals surface area contributed by atoms with E-state index < -0.39 is 0 Å². The zero-order valence-electron chi connectivity index (χ0n) is 45.3. The highest BCUT2D eigenvalue weighted by Crippen LogP contribution is 2.52. The smallest absolute Gasteiger partial charge is 0.160 e. The number of hydrogen-bond donors (Lipinski definition) is 0. The van der Waals surface area contributed by atoms with Crippen LogP contribution in [0.3, 0.4) is 0 Å². The van der Waals surface area contributed by atoms with E-state index in [0.29, 0.717) is 10.8 Å². The standard InChI is InChI=1S/C76H53ClN4/c1-75(2)64-26-9-5-22-56(64)58-34-30-48(43-66(58)75)46-32-36-72-62(41-46)60-24-7-11-28-70(60)80(72)54-20-14-16-50(39-54)68-45-69(79-74(78-68)52-18-13-19-53(77)38-52)51-17-15-21-55(40-51)81-71-29-12-8-25-61(71)63-42-47(33-37-73(63)81)49-31-35-59-57-23-6-10-27-65(57)76(3,4)67(59)44-49/h5-45H,1-4H3. The Hall–Kier alpha value is -9.61. The Labute approximate surface area is 475 Å². The van der Waals surface area contributed by atoms with Crippen molar-refractivity contribution in [2.45, 2.75) is 38.5 Å². The predicted molar refractivity (Wildman–Crippen MR) is 338 cm³/mol. The molecule has 2 aliphatic rings. The minimum Gasteiger partial charge on any atom is -0.309 e. The largest absolute Gasteiger partial charge is 0.309 e. The maximum Gasteiger partial charge on any atom is 0.160 e. The van der Waals surface area contributed by atoms with Crippen LogP contribution in [-0.4, -0.2) is 19.1 Å². The lowest BCUT2D eigenvalue weighted by atomic mass is 9.81. The van der Waals surface area contributed by atoms with E-state index in [0.717, 1.165) is 61.5 Å². The van der Waals surface area contributed by atoms with Gasteiger partial charge in [-0.3, -0.25) is 0 Å². The third kappa shape index (κ3) is 7.30. The van der Waals surface area contributed by atoms with Crippen LogP contribution in [-0.2, 0) is 10.8 Å². The van der Waals surface area contributed by atoms with Crippen molar-refractivity contribution in [2.75, 3.05) is 0 Å². The Morgan fingerprint density at radius 2 is 0.704 bits per heavy atom. The van der Waals surface area contributed by atoms with Gasteiger partial charge in [-0.15, -0.1) is 0 Å². The quantitative estimate of drug-likeness (QED) is 0.159. The fourth-order valence-electron chi connectivity index (χ4n) is 13.7. The highest BCUT2D eigenvalue weighted by atomic mass is 35.5. The van der Waals surface area contributed by atoms with Crippen molar-refractivity contribution in [1.82, 2.24) is 19.1 Å². The normalized spacial score (nSPS) is 13.7. The molecule has 0 spiro atoms. The van der Waals surface area contributed by atoms with E-state index in [-0.39, 0.29) is 10.8 Å². The molecule has 0 bridgehead atoms. The summed E-state index contributed by atoms with van der Waals surface area (Å²) in [5.41, 5.74) is 26.7. The molecule has 0 unspecified atom stereocenters. The Balaban J connectivity index is 0.789. The molecule has 0 saturated carbocycles. The molecule has 81 heavy (non-hydrogen) atoms. The van der Waals surface area contributed by atoms with Gasteiger partial charge in [-0.2, -0.15) is 0 Å². The topological polar surface area (TPSA) is 35.6 Å². The summed E-state index contributed by atoms with van der Waals surface area (Å²) >= 11 is 6.68. The molecule has 0 atom stereocenters. The van der Waals surface area contributed by atoms with E-state index in [1.807, 2.05) is 24.3 Å². The van der Waals surface area contributed by atoms with Crippen molar-refractivity contribution >= 4 is 55.2 Å². The average molecular weight is 1060 g/mol. The first-order valence-electron chi connectivity index (χ1n) is 28.0. The first-order valence-corrected chi connectivity index (χ1v) is 28.4. The molecule has 2 aliphatic carbocycles. The lowest BCUT2D eigenvalue weighted by molar-refractivity contribution is 0.660. The summed E-state index contributed by atoms with van der Waals surface area (Å²) in [4.78, 5) is 10.6. The zero-order chi connectivity index (χ0) is 54.3. The van der Waals surface area contributed by atoms with Gasteiger partial charge in [0, 0.05) is 65.5 Å². The SMILES string of the molecule is CC1(C)c2ccccc2-c2ccc(-c3ccc4c(c3)c3ccccc3n4-c3cccc(-c4cc(-c5cccc(-n6c7ccccc7c7cc(-c8ccc9c(c8)C(C)(C)c8ccccc8-9)ccc76)c5)nc(-c5cccc(Cl)c5)n4)c3)cc21. The summed E-state index contributed by atoms with van der Waals surface area (Å²) in [7, 11) is 0. The van der Waals surface area contributed by atoms with Crippen LogP contribution in [0.25, 0.3) is 133 Å². The third-order valence-electron chi connectivity index (χ3n) is 17.8.